The lowest BCUT2D eigenvalue weighted by molar-refractivity contribution is -0.118. The van der Waals surface area contributed by atoms with E-state index in [-0.39, 0.29) is 12.5 Å². The molecule has 0 aliphatic carbocycles. The summed E-state index contributed by atoms with van der Waals surface area (Å²) in [6.07, 6.45) is 1.82. The van der Waals surface area contributed by atoms with Gasteiger partial charge in [-0.3, -0.25) is 4.79 Å². The van der Waals surface area contributed by atoms with E-state index in [1.54, 1.807) is 4.52 Å². The average molecular weight is 407 g/mol. The Labute approximate surface area is 172 Å². The molecule has 0 aliphatic heterocycles. The predicted octanol–water partition coefficient (Wildman–Crippen LogP) is 4.13. The van der Waals surface area contributed by atoms with E-state index in [9.17, 15) is 4.79 Å². The number of aryl methyl sites for hydroxylation is 2. The molecule has 8 heteroatoms. The highest BCUT2D eigenvalue weighted by Gasteiger charge is 2.13. The van der Waals surface area contributed by atoms with Crippen molar-refractivity contribution in [3.8, 4) is 16.3 Å². The molecule has 0 bridgehead atoms. The molecule has 4 rings (SSSR count). The molecule has 4 aromatic rings. The van der Waals surface area contributed by atoms with Crippen LogP contribution in [0.3, 0.4) is 0 Å². The number of nitrogens with one attached hydrogen (secondary N) is 1. The summed E-state index contributed by atoms with van der Waals surface area (Å²) in [6.45, 7) is 4.00. The molecule has 7 nitrogen and oxygen atoms in total. The summed E-state index contributed by atoms with van der Waals surface area (Å²) in [5.74, 6) is 1.36. The quantitative estimate of drug-likeness (QED) is 0.498. The van der Waals surface area contributed by atoms with Gasteiger partial charge in [0.2, 0.25) is 4.96 Å². The molecule has 29 heavy (non-hydrogen) atoms. The number of rotatable bonds is 7. The fraction of sp³-hybridized carbons (Fsp3) is 0.238. The summed E-state index contributed by atoms with van der Waals surface area (Å²) in [5.41, 5.74) is 2.61. The standard InChI is InChI=1S/C21H21N5O2S/c1-3-7-18-23-24-21-26(18)25-20(29-21)15-9-6-10-16(12-15)22-19(27)13-28-17-11-5-4-8-14(17)2/h4-6,8-12H,3,7,13H2,1-2H3,(H,22,27). The first-order valence-electron chi connectivity index (χ1n) is 9.44. The number of carbonyl (C=O) groups excluding carboxylic acids is 1. The van der Waals surface area contributed by atoms with Gasteiger partial charge in [0.15, 0.2) is 12.4 Å². The summed E-state index contributed by atoms with van der Waals surface area (Å²) in [7, 11) is 0. The Balaban J connectivity index is 1.46. The van der Waals surface area contributed by atoms with Crippen LogP contribution in [0.15, 0.2) is 48.5 Å². The number of anilines is 1. The molecule has 1 N–H and O–H groups in total. The van der Waals surface area contributed by atoms with Crippen molar-refractivity contribution in [1.82, 2.24) is 19.8 Å². The maximum atomic E-state index is 12.3. The van der Waals surface area contributed by atoms with Crippen LogP contribution in [0.25, 0.3) is 15.5 Å². The van der Waals surface area contributed by atoms with Gasteiger partial charge in [0.25, 0.3) is 5.91 Å². The summed E-state index contributed by atoms with van der Waals surface area (Å²) in [4.78, 5) is 13.1. The van der Waals surface area contributed by atoms with E-state index < -0.39 is 0 Å². The van der Waals surface area contributed by atoms with Crippen molar-refractivity contribution in [3.63, 3.8) is 0 Å². The Bertz CT molecular complexity index is 1150. The third kappa shape index (κ3) is 4.27. The monoisotopic (exact) mass is 407 g/mol. The van der Waals surface area contributed by atoms with E-state index in [4.69, 9.17) is 4.74 Å². The van der Waals surface area contributed by atoms with Crippen molar-refractivity contribution >= 4 is 27.9 Å². The zero-order valence-electron chi connectivity index (χ0n) is 16.3. The van der Waals surface area contributed by atoms with E-state index in [1.807, 2.05) is 55.5 Å². The zero-order chi connectivity index (χ0) is 20.2. The van der Waals surface area contributed by atoms with Gasteiger partial charge in [-0.25, -0.2) is 0 Å². The molecule has 2 heterocycles. The third-order valence-corrected chi connectivity index (χ3v) is 5.32. The molecular weight excluding hydrogens is 386 g/mol. The van der Waals surface area contributed by atoms with Gasteiger partial charge in [-0.05, 0) is 37.1 Å². The lowest BCUT2D eigenvalue weighted by atomic mass is 10.2. The van der Waals surface area contributed by atoms with Gasteiger partial charge in [0.05, 0.1) is 0 Å². The molecule has 0 spiro atoms. The minimum atomic E-state index is -0.214. The average Bonchev–Trinajstić information content (AvgIpc) is 3.30. The van der Waals surface area contributed by atoms with E-state index >= 15 is 0 Å². The number of ether oxygens (including phenoxy) is 1. The molecule has 0 fully saturated rings. The fourth-order valence-corrected chi connectivity index (χ4v) is 3.80. The van der Waals surface area contributed by atoms with Crippen LogP contribution in [0.4, 0.5) is 5.69 Å². The van der Waals surface area contributed by atoms with E-state index in [0.29, 0.717) is 11.4 Å². The summed E-state index contributed by atoms with van der Waals surface area (Å²) < 4.78 is 7.41. The first-order chi connectivity index (χ1) is 14.1. The summed E-state index contributed by atoms with van der Waals surface area (Å²) >= 11 is 1.47. The van der Waals surface area contributed by atoms with Gasteiger partial charge in [0, 0.05) is 17.7 Å². The molecule has 0 unspecified atom stereocenters. The van der Waals surface area contributed by atoms with Crippen molar-refractivity contribution in [1.29, 1.82) is 0 Å². The van der Waals surface area contributed by atoms with Crippen molar-refractivity contribution in [3.05, 3.63) is 59.9 Å². The van der Waals surface area contributed by atoms with Crippen molar-refractivity contribution in [2.24, 2.45) is 0 Å². The predicted molar refractivity (Wildman–Crippen MR) is 113 cm³/mol. The van der Waals surface area contributed by atoms with Crippen molar-refractivity contribution < 1.29 is 9.53 Å². The van der Waals surface area contributed by atoms with Crippen LogP contribution in [-0.2, 0) is 11.2 Å². The van der Waals surface area contributed by atoms with Gasteiger partial charge < -0.3 is 10.1 Å². The van der Waals surface area contributed by atoms with Gasteiger partial charge >= 0.3 is 0 Å². The number of fused-ring (bicyclic) bond motifs is 1. The van der Waals surface area contributed by atoms with Crippen molar-refractivity contribution in [2.45, 2.75) is 26.7 Å². The topological polar surface area (TPSA) is 81.4 Å². The molecule has 2 aromatic heterocycles. The lowest BCUT2D eigenvalue weighted by Crippen LogP contribution is -2.20. The minimum Gasteiger partial charge on any atom is -0.483 e. The molecule has 0 saturated heterocycles. The first-order valence-corrected chi connectivity index (χ1v) is 10.3. The van der Waals surface area contributed by atoms with Crippen LogP contribution in [0.2, 0.25) is 0 Å². The highest BCUT2D eigenvalue weighted by molar-refractivity contribution is 7.19. The number of carbonyl (C=O) groups is 1. The normalized spacial score (nSPS) is 11.0. The number of para-hydroxylation sites is 1. The summed E-state index contributed by atoms with van der Waals surface area (Å²) in [6, 6.07) is 15.2. The number of hydrogen-bond donors (Lipinski definition) is 1. The number of benzene rings is 2. The van der Waals surface area contributed by atoms with E-state index in [0.717, 1.165) is 39.8 Å². The Morgan fingerprint density at radius 2 is 2.03 bits per heavy atom. The maximum Gasteiger partial charge on any atom is 0.262 e. The molecule has 148 valence electrons. The van der Waals surface area contributed by atoms with Gasteiger partial charge in [-0.2, -0.15) is 9.61 Å². The molecule has 1 amide bonds. The summed E-state index contributed by atoms with van der Waals surface area (Å²) in [5, 5.41) is 16.7. The van der Waals surface area contributed by atoms with E-state index in [1.165, 1.54) is 11.3 Å². The number of aromatic nitrogens is 4. The van der Waals surface area contributed by atoms with Gasteiger partial charge in [-0.1, -0.05) is 48.6 Å². The Morgan fingerprint density at radius 1 is 1.17 bits per heavy atom. The Morgan fingerprint density at radius 3 is 2.86 bits per heavy atom. The number of hydrogen-bond acceptors (Lipinski definition) is 6. The van der Waals surface area contributed by atoms with E-state index in [2.05, 4.69) is 27.5 Å². The van der Waals surface area contributed by atoms with Crippen LogP contribution in [0, 0.1) is 6.92 Å². The van der Waals surface area contributed by atoms with Gasteiger partial charge in [-0.15, -0.1) is 10.2 Å². The van der Waals surface area contributed by atoms with Crippen LogP contribution in [-0.4, -0.2) is 32.3 Å². The second-order valence-electron chi connectivity index (χ2n) is 6.65. The Kier molecular flexibility index (Phi) is 5.53. The number of nitrogens with zero attached hydrogens (tertiary/aromatic N) is 4. The maximum absolute atomic E-state index is 12.3. The van der Waals surface area contributed by atoms with Crippen molar-refractivity contribution in [2.75, 3.05) is 11.9 Å². The van der Waals surface area contributed by atoms with Crippen LogP contribution >= 0.6 is 11.3 Å². The highest BCUT2D eigenvalue weighted by Crippen LogP contribution is 2.27. The Hall–Kier alpha value is -3.26. The van der Waals surface area contributed by atoms with Gasteiger partial charge in [0.1, 0.15) is 10.8 Å². The smallest absolute Gasteiger partial charge is 0.262 e. The molecule has 0 aliphatic rings. The first kappa shape index (κ1) is 19.1. The third-order valence-electron chi connectivity index (χ3n) is 4.37. The van der Waals surface area contributed by atoms with Crippen LogP contribution in [0.1, 0.15) is 24.7 Å². The van der Waals surface area contributed by atoms with Crippen LogP contribution < -0.4 is 10.1 Å². The molecule has 0 radical (unpaired) electrons. The fourth-order valence-electron chi connectivity index (χ4n) is 2.94. The number of amides is 1. The largest absolute Gasteiger partial charge is 0.483 e. The molecular formula is C21H21N5O2S. The lowest BCUT2D eigenvalue weighted by Gasteiger charge is -2.10. The second-order valence-corrected chi connectivity index (χ2v) is 7.61. The minimum absolute atomic E-state index is 0.0494. The molecule has 2 aromatic carbocycles. The van der Waals surface area contributed by atoms with Crippen LogP contribution in [0.5, 0.6) is 5.75 Å². The highest BCUT2D eigenvalue weighted by atomic mass is 32.1. The second kappa shape index (κ2) is 8.40. The molecule has 0 atom stereocenters. The molecule has 0 saturated carbocycles. The SMILES string of the molecule is CCCc1nnc2sc(-c3cccc(NC(=O)COc4ccccc4C)c3)nn12. The zero-order valence-corrected chi connectivity index (χ0v) is 17.1.